The zero-order chi connectivity index (χ0) is 12.1. The molecule has 1 rings (SSSR count). The Balaban J connectivity index is 2.78. The number of hydrogen-bond acceptors (Lipinski definition) is 3. The van der Waals surface area contributed by atoms with Gasteiger partial charge in [-0.3, -0.25) is 9.69 Å². The summed E-state index contributed by atoms with van der Waals surface area (Å²) in [6, 6.07) is -0.465. The van der Waals surface area contributed by atoms with Gasteiger partial charge in [-0.1, -0.05) is 32.0 Å². The lowest BCUT2D eigenvalue weighted by molar-refractivity contribution is -0.144. The Morgan fingerprint density at radius 2 is 2.31 bits per heavy atom. The first-order valence-corrected chi connectivity index (χ1v) is 6.26. The number of aliphatic carboxylic acids is 1. The third-order valence-corrected chi connectivity index (χ3v) is 3.39. The van der Waals surface area contributed by atoms with Gasteiger partial charge in [0.2, 0.25) is 0 Å². The van der Waals surface area contributed by atoms with Crippen LogP contribution in [0, 0.1) is 0 Å². The summed E-state index contributed by atoms with van der Waals surface area (Å²) in [5.41, 5.74) is 5.69. The predicted molar refractivity (Wildman–Crippen MR) is 67.5 cm³/mol. The highest BCUT2D eigenvalue weighted by molar-refractivity contribution is 7.80. The fraction of sp³-hybridized carbons (Fsp3) is 0.818. The minimum Gasteiger partial charge on any atom is -0.480 e. The van der Waals surface area contributed by atoms with Gasteiger partial charge in [0.25, 0.3) is 0 Å². The fourth-order valence-electron chi connectivity index (χ4n) is 2.34. The van der Waals surface area contributed by atoms with Crippen molar-refractivity contribution in [1.29, 1.82) is 0 Å². The van der Waals surface area contributed by atoms with E-state index in [2.05, 4.69) is 0 Å². The fourth-order valence-corrected chi connectivity index (χ4v) is 2.59. The Morgan fingerprint density at radius 1 is 1.62 bits per heavy atom. The number of carboxylic acid groups (broad SMARTS) is 1. The first-order chi connectivity index (χ1) is 7.57. The second-order valence-corrected chi connectivity index (χ2v) is 4.77. The van der Waals surface area contributed by atoms with E-state index in [1.54, 1.807) is 0 Å². The molecule has 0 saturated carbocycles. The highest BCUT2D eigenvalue weighted by Gasteiger charge is 2.33. The summed E-state index contributed by atoms with van der Waals surface area (Å²) in [5.74, 6) is -0.759. The highest BCUT2D eigenvalue weighted by atomic mass is 32.1. The lowest BCUT2D eigenvalue weighted by Crippen LogP contribution is -2.54. The summed E-state index contributed by atoms with van der Waals surface area (Å²) in [7, 11) is 0. The van der Waals surface area contributed by atoms with Crippen molar-refractivity contribution in [2.75, 3.05) is 6.54 Å². The van der Waals surface area contributed by atoms with Crippen LogP contribution in [0.15, 0.2) is 0 Å². The van der Waals surface area contributed by atoms with E-state index in [0.29, 0.717) is 11.4 Å². The largest absolute Gasteiger partial charge is 0.480 e. The molecule has 2 atom stereocenters. The minimum absolute atomic E-state index is 0.0311. The molecule has 0 spiro atoms. The average molecular weight is 244 g/mol. The molecule has 1 aliphatic heterocycles. The second-order valence-electron chi connectivity index (χ2n) is 4.29. The molecule has 0 aromatic heterocycles. The van der Waals surface area contributed by atoms with Crippen molar-refractivity contribution < 1.29 is 9.90 Å². The average Bonchev–Trinajstić information content (AvgIpc) is 2.25. The summed E-state index contributed by atoms with van der Waals surface area (Å²) < 4.78 is 0. The maximum atomic E-state index is 11.2. The number of piperidine rings is 1. The lowest BCUT2D eigenvalue weighted by Gasteiger charge is -2.38. The van der Waals surface area contributed by atoms with E-state index in [1.165, 1.54) is 0 Å². The molecule has 0 aliphatic carbocycles. The topological polar surface area (TPSA) is 66.6 Å². The van der Waals surface area contributed by atoms with Crippen LogP contribution in [0.25, 0.3) is 0 Å². The van der Waals surface area contributed by atoms with Crippen LogP contribution in [0.4, 0.5) is 0 Å². The molecule has 2 unspecified atom stereocenters. The molecule has 1 aliphatic rings. The maximum Gasteiger partial charge on any atom is 0.320 e. The summed E-state index contributed by atoms with van der Waals surface area (Å²) in [4.78, 5) is 13.6. The van der Waals surface area contributed by atoms with Crippen LogP contribution in [0.3, 0.4) is 0 Å². The molecule has 0 aromatic rings. The standard InChI is InChI=1S/C11H20N2O2S/c1-2-5-9(11(14)15)13-7-4-3-6-8(13)10(12)16/h8-9H,2-7H2,1H3,(H2,12,16)(H,14,15). The molecule has 5 heteroatoms. The quantitative estimate of drug-likeness (QED) is 0.715. The van der Waals surface area contributed by atoms with Crippen molar-refractivity contribution in [1.82, 2.24) is 4.90 Å². The van der Waals surface area contributed by atoms with Crippen LogP contribution in [-0.2, 0) is 4.79 Å². The van der Waals surface area contributed by atoms with Gasteiger partial charge in [-0.2, -0.15) is 0 Å². The van der Waals surface area contributed by atoms with Gasteiger partial charge < -0.3 is 10.8 Å². The van der Waals surface area contributed by atoms with Crippen LogP contribution in [0.1, 0.15) is 39.0 Å². The first-order valence-electron chi connectivity index (χ1n) is 5.85. The van der Waals surface area contributed by atoms with Gasteiger partial charge in [0, 0.05) is 0 Å². The molecule has 0 amide bonds. The first kappa shape index (κ1) is 13.4. The Morgan fingerprint density at radius 3 is 2.81 bits per heavy atom. The number of likely N-dealkylation sites (tertiary alicyclic amines) is 1. The molecule has 3 N–H and O–H groups in total. The molecular weight excluding hydrogens is 224 g/mol. The van der Waals surface area contributed by atoms with E-state index in [-0.39, 0.29) is 6.04 Å². The van der Waals surface area contributed by atoms with Gasteiger partial charge in [-0.05, 0) is 25.8 Å². The molecule has 1 saturated heterocycles. The molecule has 1 heterocycles. The summed E-state index contributed by atoms with van der Waals surface area (Å²) in [6.07, 6.45) is 4.53. The number of hydrogen-bond donors (Lipinski definition) is 2. The van der Waals surface area contributed by atoms with Crippen molar-refractivity contribution in [2.24, 2.45) is 5.73 Å². The van der Waals surface area contributed by atoms with Crippen LogP contribution in [-0.4, -0.2) is 39.6 Å². The molecular formula is C11H20N2O2S. The molecule has 16 heavy (non-hydrogen) atoms. The van der Waals surface area contributed by atoms with Crippen molar-refractivity contribution in [3.63, 3.8) is 0 Å². The third-order valence-electron chi connectivity index (χ3n) is 3.12. The molecule has 0 aromatic carbocycles. The van der Waals surface area contributed by atoms with Crippen molar-refractivity contribution in [3.05, 3.63) is 0 Å². The second kappa shape index (κ2) is 6.15. The summed E-state index contributed by atoms with van der Waals surface area (Å²) in [5, 5.41) is 9.23. The van der Waals surface area contributed by atoms with Gasteiger partial charge >= 0.3 is 5.97 Å². The van der Waals surface area contributed by atoms with Gasteiger partial charge in [-0.25, -0.2) is 0 Å². The number of nitrogens with zero attached hydrogens (tertiary/aromatic N) is 1. The van der Waals surface area contributed by atoms with E-state index in [1.807, 2.05) is 11.8 Å². The zero-order valence-corrected chi connectivity index (χ0v) is 10.5. The third kappa shape index (κ3) is 3.15. The van der Waals surface area contributed by atoms with Crippen LogP contribution in [0.2, 0.25) is 0 Å². The Kier molecular flexibility index (Phi) is 5.15. The Labute approximate surface area is 102 Å². The normalized spacial score (nSPS) is 23.9. The van der Waals surface area contributed by atoms with E-state index in [9.17, 15) is 9.90 Å². The monoisotopic (exact) mass is 244 g/mol. The smallest absolute Gasteiger partial charge is 0.320 e. The molecule has 0 radical (unpaired) electrons. The van der Waals surface area contributed by atoms with Crippen molar-refractivity contribution in [2.45, 2.75) is 51.1 Å². The maximum absolute atomic E-state index is 11.2. The number of carbonyl (C=O) groups is 1. The van der Waals surface area contributed by atoms with Crippen molar-refractivity contribution in [3.8, 4) is 0 Å². The SMILES string of the molecule is CCCC(C(=O)O)N1CCCCC1C(N)=S. The van der Waals surface area contributed by atoms with E-state index in [4.69, 9.17) is 18.0 Å². The molecule has 92 valence electrons. The van der Waals surface area contributed by atoms with Crippen LogP contribution < -0.4 is 5.73 Å². The predicted octanol–water partition coefficient (Wildman–Crippen LogP) is 1.38. The van der Waals surface area contributed by atoms with Gasteiger partial charge in [0.15, 0.2) is 0 Å². The number of nitrogens with two attached hydrogens (primary N) is 1. The summed E-state index contributed by atoms with van der Waals surface area (Å²) in [6.45, 7) is 2.79. The van der Waals surface area contributed by atoms with E-state index in [0.717, 1.165) is 32.2 Å². The molecule has 0 bridgehead atoms. The van der Waals surface area contributed by atoms with Gasteiger partial charge in [-0.15, -0.1) is 0 Å². The number of thiocarbonyl (C=S) groups is 1. The number of rotatable bonds is 5. The number of carboxylic acids is 1. The molecule has 4 nitrogen and oxygen atoms in total. The lowest BCUT2D eigenvalue weighted by atomic mass is 9.98. The van der Waals surface area contributed by atoms with Gasteiger partial charge in [0.1, 0.15) is 6.04 Å². The van der Waals surface area contributed by atoms with Crippen molar-refractivity contribution >= 4 is 23.2 Å². The van der Waals surface area contributed by atoms with E-state index < -0.39 is 12.0 Å². The van der Waals surface area contributed by atoms with Gasteiger partial charge in [0.05, 0.1) is 11.0 Å². The summed E-state index contributed by atoms with van der Waals surface area (Å²) >= 11 is 5.03. The Bertz CT molecular complexity index is 271. The zero-order valence-electron chi connectivity index (χ0n) is 9.69. The van der Waals surface area contributed by atoms with Crippen LogP contribution >= 0.6 is 12.2 Å². The molecule has 1 fully saturated rings. The van der Waals surface area contributed by atoms with Crippen LogP contribution in [0.5, 0.6) is 0 Å². The Hall–Kier alpha value is -0.680. The van der Waals surface area contributed by atoms with E-state index >= 15 is 0 Å². The highest BCUT2D eigenvalue weighted by Crippen LogP contribution is 2.22. The minimum atomic E-state index is -0.759.